The lowest BCUT2D eigenvalue weighted by Crippen LogP contribution is -2.36. The van der Waals surface area contributed by atoms with Crippen molar-refractivity contribution in [2.45, 2.75) is 26.8 Å². The van der Waals surface area contributed by atoms with E-state index in [1.54, 1.807) is 19.0 Å². The molecule has 2 aliphatic heterocycles. The second-order valence-electron chi connectivity index (χ2n) is 8.05. The van der Waals surface area contributed by atoms with Gasteiger partial charge >= 0.3 is 0 Å². The minimum Gasteiger partial charge on any atom is -0.481 e. The van der Waals surface area contributed by atoms with E-state index in [1.807, 2.05) is 32.0 Å². The number of anilines is 3. The molecule has 11 heteroatoms. The highest BCUT2D eigenvalue weighted by Gasteiger charge is 2.35. The molecule has 1 N–H and O–H groups in total. The zero-order valence-electron chi connectivity index (χ0n) is 19.2. The molecule has 2 aliphatic rings. The first-order valence-electron chi connectivity index (χ1n) is 10.1. The average Bonchev–Trinajstić information content (AvgIpc) is 3.06. The number of carbonyl (C=O) groups excluding carboxylic acids is 2. The highest BCUT2D eigenvalue weighted by molar-refractivity contribution is 7.17. The molecule has 32 heavy (non-hydrogen) atoms. The van der Waals surface area contributed by atoms with Crippen molar-refractivity contribution in [2.24, 2.45) is 0 Å². The Bertz CT molecular complexity index is 1060. The van der Waals surface area contributed by atoms with Crippen molar-refractivity contribution >= 4 is 45.9 Å². The van der Waals surface area contributed by atoms with Crippen molar-refractivity contribution < 1.29 is 19.5 Å². The molecule has 172 valence electrons. The summed E-state index contributed by atoms with van der Waals surface area (Å²) in [6, 6.07) is 1.96. The third kappa shape index (κ3) is 4.67. The van der Waals surface area contributed by atoms with Crippen molar-refractivity contribution in [1.29, 1.82) is 0 Å². The third-order valence-electron chi connectivity index (χ3n) is 5.22. The molecule has 2 aromatic heterocycles. The number of thiophene rings is 1. The average molecular weight is 461 g/mol. The Balaban J connectivity index is 0.000000668. The Labute approximate surface area is 191 Å². The van der Waals surface area contributed by atoms with Gasteiger partial charge in [0, 0.05) is 58.3 Å². The molecule has 10 nitrogen and oxygen atoms in total. The molecule has 0 fully saturated rings. The molecule has 0 radical (unpaired) electrons. The second kappa shape index (κ2) is 9.11. The molecule has 0 aliphatic carbocycles. The molecule has 0 bridgehead atoms. The second-order valence-corrected chi connectivity index (χ2v) is 9.13. The van der Waals surface area contributed by atoms with Gasteiger partial charge in [-0.2, -0.15) is 4.98 Å². The molecule has 0 aromatic carbocycles. The molecule has 0 saturated heterocycles. The van der Waals surface area contributed by atoms with Crippen molar-refractivity contribution in [2.75, 3.05) is 56.0 Å². The van der Waals surface area contributed by atoms with Crippen LogP contribution in [0.5, 0.6) is 0 Å². The van der Waals surface area contributed by atoms with Crippen LogP contribution >= 0.6 is 11.3 Å². The standard InChI is InChI=1S/C19H24N6O2S.C2H4O2/c1-11-8-14(22(2)3)21-19(20-11)25-7-6-12-13(9-25)28-18-16(12)17(27)23(4)10-15(26)24(18)5;1-2(3)4/h8H,6-7,9-10H2,1-5H3;1H3,(H,3,4). The lowest BCUT2D eigenvalue weighted by Gasteiger charge is -2.28. The van der Waals surface area contributed by atoms with Gasteiger partial charge in [0.25, 0.3) is 11.9 Å². The van der Waals surface area contributed by atoms with Gasteiger partial charge in [0.1, 0.15) is 17.4 Å². The van der Waals surface area contributed by atoms with Crippen LogP contribution in [0.15, 0.2) is 6.07 Å². The Morgan fingerprint density at radius 3 is 2.47 bits per heavy atom. The number of aryl methyl sites for hydroxylation is 1. The lowest BCUT2D eigenvalue weighted by molar-refractivity contribution is -0.134. The van der Waals surface area contributed by atoms with Gasteiger partial charge in [-0.25, -0.2) is 4.98 Å². The maximum Gasteiger partial charge on any atom is 0.300 e. The third-order valence-corrected chi connectivity index (χ3v) is 6.51. The van der Waals surface area contributed by atoms with Gasteiger partial charge in [-0.1, -0.05) is 0 Å². The van der Waals surface area contributed by atoms with Gasteiger partial charge in [-0.15, -0.1) is 11.3 Å². The summed E-state index contributed by atoms with van der Waals surface area (Å²) in [5.41, 5.74) is 2.67. The van der Waals surface area contributed by atoms with Crippen LogP contribution in [0.1, 0.15) is 33.4 Å². The number of aliphatic carboxylic acids is 1. The number of carboxylic acids is 1. The van der Waals surface area contributed by atoms with E-state index >= 15 is 0 Å². The van der Waals surface area contributed by atoms with E-state index in [1.165, 1.54) is 16.2 Å². The van der Waals surface area contributed by atoms with Gasteiger partial charge < -0.3 is 24.7 Å². The van der Waals surface area contributed by atoms with E-state index in [0.717, 1.165) is 46.8 Å². The topological polar surface area (TPSA) is 110 Å². The number of carboxylic acid groups (broad SMARTS) is 1. The Morgan fingerprint density at radius 2 is 1.84 bits per heavy atom. The van der Waals surface area contributed by atoms with E-state index in [9.17, 15) is 9.59 Å². The number of hydrogen-bond donors (Lipinski definition) is 1. The molecule has 0 atom stereocenters. The first-order chi connectivity index (χ1) is 15.0. The van der Waals surface area contributed by atoms with Gasteiger partial charge in [0.2, 0.25) is 11.9 Å². The predicted octanol–water partition coefficient (Wildman–Crippen LogP) is 1.61. The summed E-state index contributed by atoms with van der Waals surface area (Å²) in [5.74, 6) is 0.603. The highest BCUT2D eigenvalue weighted by atomic mass is 32.1. The number of nitrogens with zero attached hydrogens (tertiary/aromatic N) is 6. The number of rotatable bonds is 2. The number of likely N-dealkylation sites (N-methyl/N-ethyl adjacent to an activating group) is 2. The number of aromatic nitrogens is 2. The van der Waals surface area contributed by atoms with Crippen LogP contribution in [-0.4, -0.2) is 79.0 Å². The summed E-state index contributed by atoms with van der Waals surface area (Å²) in [6.45, 7) is 4.54. The van der Waals surface area contributed by atoms with Crippen LogP contribution in [0.25, 0.3) is 0 Å². The number of hydrogen-bond acceptors (Lipinski definition) is 8. The summed E-state index contributed by atoms with van der Waals surface area (Å²) in [7, 11) is 7.36. The Morgan fingerprint density at radius 1 is 1.19 bits per heavy atom. The van der Waals surface area contributed by atoms with E-state index < -0.39 is 5.97 Å². The quantitative estimate of drug-likeness (QED) is 0.720. The minimum atomic E-state index is -0.833. The first kappa shape index (κ1) is 23.5. The summed E-state index contributed by atoms with van der Waals surface area (Å²) >= 11 is 1.53. The predicted molar refractivity (Wildman–Crippen MR) is 124 cm³/mol. The van der Waals surface area contributed by atoms with Crippen LogP contribution in [-0.2, 0) is 22.6 Å². The molecule has 4 heterocycles. The van der Waals surface area contributed by atoms with Crippen molar-refractivity contribution in [3.63, 3.8) is 0 Å². The molecule has 2 amide bonds. The van der Waals surface area contributed by atoms with Crippen molar-refractivity contribution in [3.8, 4) is 0 Å². The smallest absolute Gasteiger partial charge is 0.300 e. The summed E-state index contributed by atoms with van der Waals surface area (Å²) in [5, 5.41) is 8.17. The fourth-order valence-electron chi connectivity index (χ4n) is 3.61. The van der Waals surface area contributed by atoms with Crippen LogP contribution in [0.3, 0.4) is 0 Å². The van der Waals surface area contributed by atoms with Gasteiger partial charge in [-0.05, 0) is 18.9 Å². The summed E-state index contributed by atoms with van der Waals surface area (Å²) < 4.78 is 0. The van der Waals surface area contributed by atoms with Crippen LogP contribution < -0.4 is 14.7 Å². The van der Waals surface area contributed by atoms with Crippen LogP contribution in [0, 0.1) is 6.92 Å². The zero-order chi connectivity index (χ0) is 23.7. The molecule has 0 spiro atoms. The minimum absolute atomic E-state index is 0.0669. The normalized spacial score (nSPS) is 15.5. The number of amides is 2. The molecular weight excluding hydrogens is 432 g/mol. The molecule has 0 unspecified atom stereocenters. The Kier molecular flexibility index (Phi) is 6.68. The number of carbonyl (C=O) groups is 3. The van der Waals surface area contributed by atoms with Crippen LogP contribution in [0.2, 0.25) is 0 Å². The maximum absolute atomic E-state index is 12.9. The fraction of sp³-hybridized carbons (Fsp3) is 0.476. The monoisotopic (exact) mass is 460 g/mol. The zero-order valence-corrected chi connectivity index (χ0v) is 20.0. The van der Waals surface area contributed by atoms with Crippen molar-refractivity contribution in [3.05, 3.63) is 27.8 Å². The van der Waals surface area contributed by atoms with Gasteiger partial charge in [-0.3, -0.25) is 14.4 Å². The van der Waals surface area contributed by atoms with Crippen molar-refractivity contribution in [1.82, 2.24) is 14.9 Å². The van der Waals surface area contributed by atoms with E-state index in [-0.39, 0.29) is 18.4 Å². The van der Waals surface area contributed by atoms with E-state index in [2.05, 4.69) is 14.9 Å². The fourth-order valence-corrected chi connectivity index (χ4v) is 4.94. The SMILES string of the molecule is CC(=O)O.Cc1cc(N(C)C)nc(N2CCc3c(sc4c3C(=O)N(C)CC(=O)N4C)C2)n1. The van der Waals surface area contributed by atoms with E-state index in [0.29, 0.717) is 18.1 Å². The molecule has 0 saturated carbocycles. The largest absolute Gasteiger partial charge is 0.481 e. The molecule has 4 rings (SSSR count). The highest BCUT2D eigenvalue weighted by Crippen LogP contribution is 2.41. The maximum atomic E-state index is 12.9. The summed E-state index contributed by atoms with van der Waals surface area (Å²) in [6.07, 6.45) is 0.734. The van der Waals surface area contributed by atoms with Crippen LogP contribution in [0.4, 0.5) is 16.8 Å². The van der Waals surface area contributed by atoms with Gasteiger partial charge in [0.05, 0.1) is 12.1 Å². The van der Waals surface area contributed by atoms with E-state index in [4.69, 9.17) is 9.90 Å². The Hall–Kier alpha value is -3.21. The summed E-state index contributed by atoms with van der Waals surface area (Å²) in [4.78, 5) is 51.9. The first-order valence-corrected chi connectivity index (χ1v) is 10.9. The van der Waals surface area contributed by atoms with Gasteiger partial charge in [0.15, 0.2) is 0 Å². The molecule has 2 aromatic rings. The lowest BCUT2D eigenvalue weighted by atomic mass is 10.0. The molecular formula is C21H28N6O4S. The number of fused-ring (bicyclic) bond motifs is 3.